The van der Waals surface area contributed by atoms with Crippen LogP contribution in [0.2, 0.25) is 0 Å². The Hall–Kier alpha value is -2.79. The van der Waals surface area contributed by atoms with Crippen LogP contribution in [0.4, 0.5) is 5.69 Å². The van der Waals surface area contributed by atoms with Crippen molar-refractivity contribution < 1.29 is 9.47 Å². The second-order valence-corrected chi connectivity index (χ2v) is 8.72. The minimum Gasteiger partial charge on any atom is -0.492 e. The predicted octanol–water partition coefficient (Wildman–Crippen LogP) is 4.68. The summed E-state index contributed by atoms with van der Waals surface area (Å²) in [5.74, 6) is 2.68. The van der Waals surface area contributed by atoms with Gasteiger partial charge in [-0.15, -0.1) is 0 Å². The van der Waals surface area contributed by atoms with E-state index >= 15 is 0 Å². The Bertz CT molecular complexity index is 1040. The lowest BCUT2D eigenvalue weighted by atomic mass is 9.90. The van der Waals surface area contributed by atoms with Gasteiger partial charge >= 0.3 is 0 Å². The highest BCUT2D eigenvalue weighted by molar-refractivity contribution is 5.85. The monoisotopic (exact) mass is 417 g/mol. The highest BCUT2D eigenvalue weighted by Gasteiger charge is 2.20. The van der Waals surface area contributed by atoms with Crippen molar-refractivity contribution in [1.29, 1.82) is 0 Å². The maximum Gasteiger partial charge on any atom is 0.142 e. The first kappa shape index (κ1) is 20.1. The summed E-state index contributed by atoms with van der Waals surface area (Å²) in [6.07, 6.45) is 3.65. The van der Waals surface area contributed by atoms with Gasteiger partial charge in [0, 0.05) is 24.2 Å². The molecule has 3 heterocycles. The Balaban J connectivity index is 1.09. The van der Waals surface area contributed by atoms with Crippen LogP contribution in [0.1, 0.15) is 24.1 Å². The van der Waals surface area contributed by atoms with Crippen LogP contribution in [-0.2, 0) is 6.42 Å². The number of ether oxygens (including phenoxy) is 2. The summed E-state index contributed by atoms with van der Waals surface area (Å²) in [4.78, 5) is 7.13. The molecule has 162 valence electrons. The van der Waals surface area contributed by atoms with E-state index < -0.39 is 0 Å². The number of piperidine rings is 1. The topological polar surface area (TPSA) is 46.6 Å². The average Bonchev–Trinajstić information content (AvgIpc) is 2.80. The molecule has 1 fully saturated rings. The molecule has 0 amide bonds. The molecule has 0 atom stereocenters. The standard InChI is InChI=1S/C26H31N3O2/c1-19-5-7-22-23(28-19)3-2-4-25(22)31-16-14-29-12-9-20(10-13-29)17-21-6-8-26-24(18-21)27-11-15-30-26/h2-8,18,20,27H,9-17H2,1H3. The van der Waals surface area contributed by atoms with E-state index in [1.165, 1.54) is 18.4 Å². The van der Waals surface area contributed by atoms with Crippen molar-refractivity contribution in [3.8, 4) is 11.5 Å². The van der Waals surface area contributed by atoms with Gasteiger partial charge in [-0.25, -0.2) is 0 Å². The fraction of sp³-hybridized carbons (Fsp3) is 0.423. The van der Waals surface area contributed by atoms with E-state index in [4.69, 9.17) is 9.47 Å². The molecule has 0 saturated carbocycles. The number of nitrogens with one attached hydrogen (secondary N) is 1. The van der Waals surface area contributed by atoms with Crippen LogP contribution in [0.3, 0.4) is 0 Å². The Kier molecular flexibility index (Phi) is 5.94. The third-order valence-electron chi connectivity index (χ3n) is 6.45. The van der Waals surface area contributed by atoms with Gasteiger partial charge < -0.3 is 14.8 Å². The van der Waals surface area contributed by atoms with E-state index in [2.05, 4.69) is 39.5 Å². The number of benzene rings is 2. The van der Waals surface area contributed by atoms with Gasteiger partial charge in [-0.05, 0) is 87.2 Å². The van der Waals surface area contributed by atoms with E-state index in [0.717, 1.165) is 78.9 Å². The third-order valence-corrected chi connectivity index (χ3v) is 6.45. The van der Waals surface area contributed by atoms with Gasteiger partial charge in [-0.3, -0.25) is 9.88 Å². The van der Waals surface area contributed by atoms with Gasteiger partial charge in [-0.2, -0.15) is 0 Å². The van der Waals surface area contributed by atoms with Gasteiger partial charge in [0.15, 0.2) is 0 Å². The quantitative estimate of drug-likeness (QED) is 0.631. The normalized spacial score (nSPS) is 17.1. The Morgan fingerprint density at radius 2 is 2.03 bits per heavy atom. The molecule has 5 heteroatoms. The summed E-state index contributed by atoms with van der Waals surface area (Å²) in [5.41, 5.74) is 4.60. The molecule has 2 aliphatic rings. The van der Waals surface area contributed by atoms with Gasteiger partial charge in [0.2, 0.25) is 0 Å². The van der Waals surface area contributed by atoms with E-state index in [0.29, 0.717) is 6.61 Å². The van der Waals surface area contributed by atoms with Crippen LogP contribution in [-0.4, -0.2) is 49.3 Å². The number of aromatic nitrogens is 1. The fourth-order valence-electron chi connectivity index (χ4n) is 4.70. The molecule has 1 N–H and O–H groups in total. The first-order chi connectivity index (χ1) is 15.2. The minimum absolute atomic E-state index is 0.716. The minimum atomic E-state index is 0.716. The molecule has 0 unspecified atom stereocenters. The number of likely N-dealkylation sites (tertiary alicyclic amines) is 1. The van der Waals surface area contributed by atoms with Crippen LogP contribution < -0.4 is 14.8 Å². The van der Waals surface area contributed by atoms with Crippen LogP contribution in [0, 0.1) is 12.8 Å². The molecule has 5 nitrogen and oxygen atoms in total. The van der Waals surface area contributed by atoms with Crippen molar-refractivity contribution in [3.05, 3.63) is 59.8 Å². The lowest BCUT2D eigenvalue weighted by Crippen LogP contribution is -2.37. The third kappa shape index (κ3) is 4.77. The van der Waals surface area contributed by atoms with Crippen molar-refractivity contribution in [2.45, 2.75) is 26.2 Å². The smallest absolute Gasteiger partial charge is 0.142 e. The fourth-order valence-corrected chi connectivity index (χ4v) is 4.70. The first-order valence-electron chi connectivity index (χ1n) is 11.5. The van der Waals surface area contributed by atoms with E-state index in [9.17, 15) is 0 Å². The summed E-state index contributed by atoms with van der Waals surface area (Å²) in [7, 11) is 0. The zero-order valence-electron chi connectivity index (χ0n) is 18.3. The largest absolute Gasteiger partial charge is 0.492 e. The number of hydrogen-bond donors (Lipinski definition) is 1. The lowest BCUT2D eigenvalue weighted by Gasteiger charge is -2.32. The number of nitrogens with zero attached hydrogens (tertiary/aromatic N) is 2. The summed E-state index contributed by atoms with van der Waals surface area (Å²) < 4.78 is 11.8. The van der Waals surface area contributed by atoms with Crippen molar-refractivity contribution in [1.82, 2.24) is 9.88 Å². The number of anilines is 1. The highest BCUT2D eigenvalue weighted by Crippen LogP contribution is 2.30. The number of rotatable bonds is 6. The van der Waals surface area contributed by atoms with Crippen molar-refractivity contribution in [2.75, 3.05) is 44.7 Å². The molecule has 0 bridgehead atoms. The number of pyridine rings is 1. The molecule has 0 radical (unpaired) electrons. The summed E-state index contributed by atoms with van der Waals surface area (Å²) >= 11 is 0. The van der Waals surface area contributed by atoms with Crippen LogP contribution in [0.5, 0.6) is 11.5 Å². The van der Waals surface area contributed by atoms with Crippen LogP contribution in [0.15, 0.2) is 48.5 Å². The first-order valence-corrected chi connectivity index (χ1v) is 11.5. The number of aryl methyl sites for hydroxylation is 1. The van der Waals surface area contributed by atoms with Crippen molar-refractivity contribution in [2.24, 2.45) is 5.92 Å². The molecule has 0 aliphatic carbocycles. The van der Waals surface area contributed by atoms with Crippen LogP contribution in [0.25, 0.3) is 10.9 Å². The van der Waals surface area contributed by atoms with Gasteiger partial charge in [0.05, 0.1) is 11.2 Å². The predicted molar refractivity (Wildman–Crippen MR) is 125 cm³/mol. The summed E-state index contributed by atoms with van der Waals surface area (Å²) in [6.45, 7) is 7.66. The SMILES string of the molecule is Cc1ccc2c(OCCN3CCC(Cc4ccc5c(c4)NCCO5)CC3)cccc2n1. The zero-order valence-corrected chi connectivity index (χ0v) is 18.3. The molecule has 0 spiro atoms. The molecule has 1 saturated heterocycles. The highest BCUT2D eigenvalue weighted by atomic mass is 16.5. The lowest BCUT2D eigenvalue weighted by molar-refractivity contribution is 0.155. The average molecular weight is 418 g/mol. The van der Waals surface area contributed by atoms with Gasteiger partial charge in [-0.1, -0.05) is 12.1 Å². The molecule has 31 heavy (non-hydrogen) atoms. The number of hydrogen-bond acceptors (Lipinski definition) is 5. The molecule has 2 aliphatic heterocycles. The second kappa shape index (κ2) is 9.15. The molecular formula is C26H31N3O2. The van der Waals surface area contributed by atoms with E-state index in [1.54, 1.807) is 0 Å². The zero-order chi connectivity index (χ0) is 21.0. The van der Waals surface area contributed by atoms with E-state index in [-0.39, 0.29) is 0 Å². The van der Waals surface area contributed by atoms with Gasteiger partial charge in [0.1, 0.15) is 24.7 Å². The Labute approximate surface area is 184 Å². The molecule has 5 rings (SSSR count). The summed E-state index contributed by atoms with van der Waals surface area (Å²) in [6, 6.07) is 16.9. The molecule has 2 aromatic carbocycles. The van der Waals surface area contributed by atoms with E-state index in [1.807, 2.05) is 31.2 Å². The van der Waals surface area contributed by atoms with Gasteiger partial charge in [0.25, 0.3) is 0 Å². The maximum absolute atomic E-state index is 6.14. The number of fused-ring (bicyclic) bond motifs is 2. The molecule has 1 aromatic heterocycles. The second-order valence-electron chi connectivity index (χ2n) is 8.72. The Morgan fingerprint density at radius 1 is 1.13 bits per heavy atom. The maximum atomic E-state index is 6.14. The molecular weight excluding hydrogens is 386 g/mol. The summed E-state index contributed by atoms with van der Waals surface area (Å²) in [5, 5.41) is 4.54. The van der Waals surface area contributed by atoms with Crippen molar-refractivity contribution >= 4 is 16.6 Å². The van der Waals surface area contributed by atoms with Crippen LogP contribution >= 0.6 is 0 Å². The molecule has 3 aromatic rings. The Morgan fingerprint density at radius 3 is 2.94 bits per heavy atom. The van der Waals surface area contributed by atoms with Crippen molar-refractivity contribution in [3.63, 3.8) is 0 Å².